The average Bonchev–Trinajstić information content (AvgIpc) is 2.56. The largest absolute Gasteiger partial charge is 1.00 e. The molecule has 0 spiro atoms. The number of benzene rings is 1. The topological polar surface area (TPSA) is 288 Å². The molecule has 3 atom stereocenters. The SMILES string of the molecule is CC(NC(C)(C)C)C(=O)c1cccc(Cl)c1.NCCCC(O)(P(=O)([O-])O)P(=O)(O)O.O.O.O.[Na+]. The molecule has 13 nitrogen and oxygen atoms in total. The van der Waals surface area contributed by atoms with Gasteiger partial charge >= 0.3 is 37.2 Å². The maximum absolute atomic E-state index is 12.1. The van der Waals surface area contributed by atoms with E-state index in [1.807, 2.05) is 27.7 Å². The molecule has 0 amide bonds. The van der Waals surface area contributed by atoms with E-state index < -0.39 is 26.7 Å². The van der Waals surface area contributed by atoms with Crippen molar-refractivity contribution in [2.75, 3.05) is 6.54 Å². The molecule has 0 saturated heterocycles. The van der Waals surface area contributed by atoms with E-state index >= 15 is 0 Å². The van der Waals surface area contributed by atoms with E-state index in [2.05, 4.69) is 5.32 Å². The van der Waals surface area contributed by atoms with Gasteiger partial charge in [0.05, 0.1) is 6.04 Å². The predicted molar refractivity (Wildman–Crippen MR) is 124 cm³/mol. The smallest absolute Gasteiger partial charge is 0.776 e. The second-order valence-corrected chi connectivity index (χ2v) is 12.1. The number of nitrogens with one attached hydrogen (secondary N) is 1. The molecule has 1 aromatic carbocycles. The zero-order valence-corrected chi connectivity index (χ0v) is 24.3. The van der Waals surface area contributed by atoms with Crippen LogP contribution in [0.1, 0.15) is 50.9 Å². The molecule has 0 radical (unpaired) electrons. The van der Waals surface area contributed by atoms with E-state index in [1.54, 1.807) is 24.3 Å². The van der Waals surface area contributed by atoms with Gasteiger partial charge in [0.25, 0.3) is 0 Å². The third-order valence-electron chi connectivity index (χ3n) is 3.79. The summed E-state index contributed by atoms with van der Waals surface area (Å²) in [6.45, 7) is 7.91. The van der Waals surface area contributed by atoms with Gasteiger partial charge in [-0.05, 0) is 59.2 Å². The van der Waals surface area contributed by atoms with Crippen LogP contribution in [0.3, 0.4) is 0 Å². The Morgan fingerprint density at radius 1 is 1.18 bits per heavy atom. The summed E-state index contributed by atoms with van der Waals surface area (Å²) in [7, 11) is -10.9. The van der Waals surface area contributed by atoms with Crippen LogP contribution in [-0.2, 0) is 9.13 Å². The van der Waals surface area contributed by atoms with E-state index in [1.165, 1.54) is 0 Å². The fourth-order valence-corrected chi connectivity index (χ4v) is 4.79. The van der Waals surface area contributed by atoms with Gasteiger partial charge in [0, 0.05) is 16.1 Å². The van der Waals surface area contributed by atoms with Crippen molar-refractivity contribution in [3.8, 4) is 0 Å². The van der Waals surface area contributed by atoms with Gasteiger partial charge in [-0.25, -0.2) is 0 Å². The first kappa shape index (κ1) is 44.2. The van der Waals surface area contributed by atoms with E-state index in [-0.39, 0.29) is 76.3 Å². The number of rotatable bonds is 8. The van der Waals surface area contributed by atoms with Gasteiger partial charge in [-0.1, -0.05) is 23.7 Å². The molecule has 0 aliphatic heterocycles. The summed E-state index contributed by atoms with van der Waals surface area (Å²) < 4.78 is 21.3. The van der Waals surface area contributed by atoms with Crippen molar-refractivity contribution in [1.29, 1.82) is 0 Å². The third kappa shape index (κ3) is 14.7. The maximum atomic E-state index is 12.1. The molecule has 13 N–H and O–H groups in total. The molecule has 0 fully saturated rings. The van der Waals surface area contributed by atoms with Crippen molar-refractivity contribution in [2.24, 2.45) is 5.73 Å². The van der Waals surface area contributed by atoms with Crippen LogP contribution in [0.15, 0.2) is 24.3 Å². The Kier molecular flexibility index (Phi) is 23.0. The molecular weight excluding hydrogens is 529 g/mol. The Hall–Kier alpha value is 0.240. The fourth-order valence-electron chi connectivity index (χ4n) is 2.40. The number of hydrogen-bond donors (Lipinski definition) is 6. The van der Waals surface area contributed by atoms with Gasteiger partial charge in [-0.2, -0.15) is 0 Å². The molecule has 3 unspecified atom stereocenters. The zero-order chi connectivity index (χ0) is 24.0. The number of carbonyl (C=O) groups is 1. The van der Waals surface area contributed by atoms with Crippen molar-refractivity contribution in [1.82, 2.24) is 5.32 Å². The number of ketones is 1. The first-order valence-electron chi connectivity index (χ1n) is 8.95. The molecule has 17 heteroatoms. The quantitative estimate of drug-likeness (QED) is 0.101. The van der Waals surface area contributed by atoms with Gasteiger partial charge in [-0.15, -0.1) is 0 Å². The molecule has 34 heavy (non-hydrogen) atoms. The average molecular weight is 565 g/mol. The number of nitrogens with two attached hydrogens (primary N) is 1. The first-order chi connectivity index (χ1) is 13.4. The minimum absolute atomic E-state index is 0. The Balaban J connectivity index is -0.000000149. The zero-order valence-electron chi connectivity index (χ0n) is 19.8. The number of aliphatic hydroxyl groups is 1. The van der Waals surface area contributed by atoms with Crippen molar-refractivity contribution in [2.45, 2.75) is 57.2 Å². The molecule has 0 aliphatic rings. The Labute approximate surface area is 226 Å². The first-order valence-corrected chi connectivity index (χ1v) is 12.5. The van der Waals surface area contributed by atoms with Crippen LogP contribution in [-0.4, -0.2) is 65.2 Å². The summed E-state index contributed by atoms with van der Waals surface area (Å²) in [4.78, 5) is 48.3. The summed E-state index contributed by atoms with van der Waals surface area (Å²) in [5.74, 6) is 0.0671. The van der Waals surface area contributed by atoms with Gasteiger partial charge < -0.3 is 56.7 Å². The van der Waals surface area contributed by atoms with Crippen LogP contribution in [0, 0.1) is 0 Å². The normalized spacial score (nSPS) is 15.1. The summed E-state index contributed by atoms with van der Waals surface area (Å²) in [6.07, 6.45) is -0.959. The van der Waals surface area contributed by atoms with Gasteiger partial charge in [0.1, 0.15) is 0 Å². The van der Waals surface area contributed by atoms with Crippen molar-refractivity contribution < 1.29 is 84.6 Å². The molecule has 198 valence electrons. The van der Waals surface area contributed by atoms with Crippen molar-refractivity contribution >= 4 is 32.6 Å². The van der Waals surface area contributed by atoms with Crippen molar-refractivity contribution in [3.05, 3.63) is 34.9 Å². The van der Waals surface area contributed by atoms with Gasteiger partial charge in [0.2, 0.25) is 5.08 Å². The summed E-state index contributed by atoms with van der Waals surface area (Å²) >= 11 is 5.85. The second-order valence-electron chi connectivity index (χ2n) is 7.72. The van der Waals surface area contributed by atoms with Crippen LogP contribution >= 0.6 is 26.8 Å². The van der Waals surface area contributed by atoms with E-state index in [0.29, 0.717) is 10.6 Å². The van der Waals surface area contributed by atoms with E-state index in [4.69, 9.17) is 32.0 Å². The maximum Gasteiger partial charge on any atom is 1.00 e. The molecule has 1 aromatic rings. The monoisotopic (exact) mass is 564 g/mol. The fraction of sp³-hybridized carbons (Fsp3) is 0.588. The molecule has 0 aromatic heterocycles. The van der Waals surface area contributed by atoms with Crippen LogP contribution < -0.4 is 45.5 Å². The Morgan fingerprint density at radius 3 is 1.97 bits per heavy atom. The molecular formula is C17H36ClN2NaO11P2. The summed E-state index contributed by atoms with van der Waals surface area (Å²) in [6, 6.07) is 6.83. The van der Waals surface area contributed by atoms with Gasteiger partial charge in [-0.3, -0.25) is 9.36 Å². The molecule has 0 saturated carbocycles. The van der Waals surface area contributed by atoms with Crippen LogP contribution in [0.4, 0.5) is 0 Å². The van der Waals surface area contributed by atoms with Crippen LogP contribution in [0.5, 0.6) is 0 Å². The van der Waals surface area contributed by atoms with Gasteiger partial charge in [0.15, 0.2) is 13.4 Å². The van der Waals surface area contributed by atoms with Crippen molar-refractivity contribution in [3.63, 3.8) is 0 Å². The number of carbonyl (C=O) groups excluding carboxylic acids is 1. The Morgan fingerprint density at radius 2 is 1.65 bits per heavy atom. The predicted octanol–water partition coefficient (Wildman–Crippen LogP) is -4.08. The number of Topliss-reactive ketones (excluding diaryl/α,β-unsaturated/α-hetero) is 1. The minimum atomic E-state index is -5.55. The van der Waals surface area contributed by atoms with Crippen LogP contribution in [0.25, 0.3) is 0 Å². The molecule has 1 rings (SSSR count). The molecule has 0 bridgehead atoms. The number of halogens is 1. The summed E-state index contributed by atoms with van der Waals surface area (Å²) in [5.41, 5.74) is 5.56. The van der Waals surface area contributed by atoms with Crippen LogP contribution in [0.2, 0.25) is 5.02 Å². The third-order valence-corrected chi connectivity index (χ3v) is 7.85. The van der Waals surface area contributed by atoms with E-state index in [0.717, 1.165) is 0 Å². The Bertz CT molecular complexity index is 793. The van der Waals surface area contributed by atoms with E-state index in [9.17, 15) is 23.9 Å². The molecule has 0 heterocycles. The second kappa shape index (κ2) is 17.7. The number of hydrogen-bond acceptors (Lipinski definition) is 7. The minimum Gasteiger partial charge on any atom is -0.776 e. The molecule has 0 aliphatic carbocycles. The summed E-state index contributed by atoms with van der Waals surface area (Å²) in [5, 5.41) is 9.58. The standard InChI is InChI=1S/C13H18ClNO.C4H13NO7P2.Na.3H2O/c1-9(15-13(2,3)4)12(16)10-6-5-7-11(14)8-10;5-3-1-2-4(6,13(7,8)9)14(10,11)12;;;;/h5-9,15H,1-4H3;6H,1-3,5H2,(H2,7,8,9)(H2,10,11,12);;3*1H2/q;;+1;;;/p-1.